The monoisotopic (exact) mass is 522 g/mol. The molecule has 1 unspecified atom stereocenters. The molecular weight excluding hydrogens is 464 g/mol. The van der Waals surface area contributed by atoms with E-state index < -0.39 is 10.4 Å². The van der Waals surface area contributed by atoms with E-state index in [1.807, 2.05) is 0 Å². The van der Waals surface area contributed by atoms with Gasteiger partial charge in [-0.25, -0.2) is 8.42 Å². The minimum absolute atomic E-state index is 0.0914. The summed E-state index contributed by atoms with van der Waals surface area (Å²) >= 11 is 0. The van der Waals surface area contributed by atoms with Crippen LogP contribution in [-0.4, -0.2) is 63.2 Å². The first kappa shape index (κ1) is 36.6. The molecule has 35 heavy (non-hydrogen) atoms. The van der Waals surface area contributed by atoms with Crippen molar-refractivity contribution in [3.05, 3.63) is 0 Å². The zero-order chi connectivity index (χ0) is 27.2. The Morgan fingerprint density at radius 1 is 0.857 bits per heavy atom. The molecule has 0 radical (unpaired) electrons. The molecule has 0 saturated carbocycles. The third kappa shape index (κ3) is 26.3. The second-order valence-electron chi connectivity index (χ2n) is 10.5. The lowest BCUT2D eigenvalue weighted by atomic mass is 10.0. The standard InChI is InChI=1S/C25H53N2O.C2H6O4S/c1-7-25(27(5,6)8-2)26-22-21-24(28)20-18-16-14-12-10-9-11-13-15-17-19-23(3)4;1-2-6-7(3,4)5/h23,25-26H,7-22H2,1-6H3;2H2,1H3,(H,3,4,5)/q+1;/p-1. The van der Waals surface area contributed by atoms with E-state index in [0.29, 0.717) is 18.4 Å². The fourth-order valence-electron chi connectivity index (χ4n) is 4.04. The van der Waals surface area contributed by atoms with E-state index in [-0.39, 0.29) is 6.61 Å². The number of hydrogen-bond donors (Lipinski definition) is 1. The molecule has 1 N–H and O–H groups in total. The number of ketones is 1. The van der Waals surface area contributed by atoms with Gasteiger partial charge in [-0.3, -0.25) is 14.3 Å². The highest BCUT2D eigenvalue weighted by Crippen LogP contribution is 2.14. The summed E-state index contributed by atoms with van der Waals surface area (Å²) in [5.74, 6) is 1.30. The number of carbonyl (C=O) groups is 1. The molecule has 212 valence electrons. The lowest BCUT2D eigenvalue weighted by Gasteiger charge is -2.37. The van der Waals surface area contributed by atoms with Gasteiger partial charge in [-0.2, -0.15) is 0 Å². The zero-order valence-corrected chi connectivity index (χ0v) is 24.9. The van der Waals surface area contributed by atoms with Gasteiger partial charge in [0.15, 0.2) is 0 Å². The van der Waals surface area contributed by atoms with Crippen molar-refractivity contribution in [3.63, 3.8) is 0 Å². The Morgan fingerprint density at radius 2 is 1.34 bits per heavy atom. The zero-order valence-electron chi connectivity index (χ0n) is 24.1. The van der Waals surface area contributed by atoms with Gasteiger partial charge in [0.05, 0.1) is 27.2 Å². The highest BCUT2D eigenvalue weighted by Gasteiger charge is 2.23. The number of Topliss-reactive ketones (excluding diaryl/α,β-unsaturated/α-hetero) is 1. The molecule has 7 nitrogen and oxygen atoms in total. The Balaban J connectivity index is 0. The maximum absolute atomic E-state index is 12.1. The Bertz CT molecular complexity index is 594. The van der Waals surface area contributed by atoms with E-state index in [2.05, 4.69) is 51.3 Å². The summed E-state index contributed by atoms with van der Waals surface area (Å²) in [5, 5.41) is 3.59. The number of nitrogens with one attached hydrogen (secondary N) is 1. The second kappa shape index (κ2) is 22.6. The SMILES string of the molecule is CCC(NCCC(=O)CCCCCCCCCCCCC(C)C)[N+](C)(C)CC.CCOS(=O)(=O)[O-]. The predicted octanol–water partition coefficient (Wildman–Crippen LogP) is 6.19. The Morgan fingerprint density at radius 3 is 1.71 bits per heavy atom. The van der Waals surface area contributed by atoms with Crippen molar-refractivity contribution < 1.29 is 26.4 Å². The van der Waals surface area contributed by atoms with Crippen LogP contribution in [0.3, 0.4) is 0 Å². The van der Waals surface area contributed by atoms with Crippen LogP contribution in [0.15, 0.2) is 0 Å². The molecule has 0 amide bonds. The van der Waals surface area contributed by atoms with Gasteiger partial charge in [0.25, 0.3) is 0 Å². The molecule has 0 aliphatic heterocycles. The molecule has 8 heteroatoms. The summed E-state index contributed by atoms with van der Waals surface area (Å²) in [4.78, 5) is 12.1. The summed E-state index contributed by atoms with van der Waals surface area (Å²) in [6.45, 7) is 12.4. The quantitative estimate of drug-likeness (QED) is 0.0599. The molecule has 0 rings (SSSR count). The second-order valence-corrected chi connectivity index (χ2v) is 11.6. The van der Waals surface area contributed by atoms with E-state index in [1.54, 1.807) is 0 Å². The number of unbranched alkanes of at least 4 members (excludes halogenated alkanes) is 9. The van der Waals surface area contributed by atoms with Gasteiger partial charge in [-0.15, -0.1) is 0 Å². The van der Waals surface area contributed by atoms with Crippen molar-refractivity contribution in [2.24, 2.45) is 5.92 Å². The van der Waals surface area contributed by atoms with E-state index in [9.17, 15) is 17.8 Å². The third-order valence-corrected chi connectivity index (χ3v) is 7.10. The van der Waals surface area contributed by atoms with E-state index in [4.69, 9.17) is 0 Å². The molecule has 0 fully saturated rings. The fourth-order valence-corrected chi connectivity index (χ4v) is 4.33. The van der Waals surface area contributed by atoms with Crippen LogP contribution in [0.25, 0.3) is 0 Å². The van der Waals surface area contributed by atoms with Crippen molar-refractivity contribution in [2.75, 3.05) is 33.8 Å². The van der Waals surface area contributed by atoms with Crippen LogP contribution in [0.1, 0.15) is 125 Å². The topological polar surface area (TPSA) is 95.5 Å². The van der Waals surface area contributed by atoms with Crippen LogP contribution in [0.4, 0.5) is 0 Å². The van der Waals surface area contributed by atoms with Gasteiger partial charge in [0.2, 0.25) is 10.4 Å². The molecule has 1 atom stereocenters. The molecular formula is C27H58N2O5S. The largest absolute Gasteiger partial charge is 0.726 e. The van der Waals surface area contributed by atoms with Crippen LogP contribution >= 0.6 is 0 Å². The molecule has 0 aromatic heterocycles. The number of hydrogen-bond acceptors (Lipinski definition) is 6. The van der Waals surface area contributed by atoms with E-state index >= 15 is 0 Å². The number of carbonyl (C=O) groups excluding carboxylic acids is 1. The highest BCUT2D eigenvalue weighted by molar-refractivity contribution is 7.80. The maximum Gasteiger partial charge on any atom is 0.217 e. The van der Waals surface area contributed by atoms with Crippen LogP contribution < -0.4 is 5.32 Å². The van der Waals surface area contributed by atoms with Crippen molar-refractivity contribution in [2.45, 2.75) is 131 Å². The van der Waals surface area contributed by atoms with Crippen molar-refractivity contribution >= 4 is 16.2 Å². The average Bonchev–Trinajstić information content (AvgIpc) is 2.76. The average molecular weight is 523 g/mol. The van der Waals surface area contributed by atoms with Gasteiger partial charge in [-0.05, 0) is 26.2 Å². The lowest BCUT2D eigenvalue weighted by molar-refractivity contribution is -0.916. The van der Waals surface area contributed by atoms with Crippen molar-refractivity contribution in [1.29, 1.82) is 0 Å². The summed E-state index contributed by atoms with van der Waals surface area (Å²) < 4.78 is 33.0. The van der Waals surface area contributed by atoms with Crippen LogP contribution in [0.5, 0.6) is 0 Å². The molecule has 0 aromatic rings. The minimum atomic E-state index is -4.42. The van der Waals surface area contributed by atoms with Crippen LogP contribution in [0, 0.1) is 5.92 Å². The Labute approximate surface area is 218 Å². The molecule has 0 spiro atoms. The number of quaternary nitrogens is 1. The third-order valence-electron chi connectivity index (χ3n) is 6.58. The Kier molecular flexibility index (Phi) is 23.7. The number of nitrogens with zero attached hydrogens (tertiary/aromatic N) is 1. The van der Waals surface area contributed by atoms with Crippen molar-refractivity contribution in [3.8, 4) is 0 Å². The summed E-state index contributed by atoms with van der Waals surface area (Å²) in [6, 6.07) is 0. The highest BCUT2D eigenvalue weighted by atomic mass is 32.3. The lowest BCUT2D eigenvalue weighted by Crippen LogP contribution is -2.55. The number of rotatable bonds is 22. The summed E-state index contributed by atoms with van der Waals surface area (Å²) in [6.07, 6.45) is 17.8. The molecule has 0 saturated heterocycles. The first-order chi connectivity index (χ1) is 16.4. The van der Waals surface area contributed by atoms with E-state index in [0.717, 1.165) is 42.8 Å². The van der Waals surface area contributed by atoms with Crippen LogP contribution in [-0.2, 0) is 19.4 Å². The van der Waals surface area contributed by atoms with Gasteiger partial charge < -0.3 is 9.04 Å². The smallest absolute Gasteiger partial charge is 0.217 e. The minimum Gasteiger partial charge on any atom is -0.726 e. The predicted molar refractivity (Wildman–Crippen MR) is 146 cm³/mol. The van der Waals surface area contributed by atoms with Crippen molar-refractivity contribution in [1.82, 2.24) is 5.32 Å². The first-order valence-corrected chi connectivity index (χ1v) is 15.4. The normalized spacial score (nSPS) is 12.9. The van der Waals surface area contributed by atoms with Gasteiger partial charge in [0.1, 0.15) is 11.9 Å². The van der Waals surface area contributed by atoms with E-state index in [1.165, 1.54) is 71.1 Å². The first-order valence-electron chi connectivity index (χ1n) is 14.1. The summed E-state index contributed by atoms with van der Waals surface area (Å²) in [7, 11) is 0.0954. The maximum atomic E-state index is 12.1. The van der Waals surface area contributed by atoms with Gasteiger partial charge in [0, 0.05) is 25.8 Å². The summed E-state index contributed by atoms with van der Waals surface area (Å²) in [5.41, 5.74) is 0. The van der Waals surface area contributed by atoms with Gasteiger partial charge in [-0.1, -0.05) is 85.0 Å². The Hall–Kier alpha value is -0.540. The fraction of sp³-hybridized carbons (Fsp3) is 0.963. The molecule has 0 bridgehead atoms. The molecule has 0 aliphatic rings. The molecule has 0 aliphatic carbocycles. The molecule has 0 aromatic carbocycles. The van der Waals surface area contributed by atoms with Gasteiger partial charge >= 0.3 is 0 Å². The molecule has 0 heterocycles. The van der Waals surface area contributed by atoms with Crippen LogP contribution in [0.2, 0.25) is 0 Å².